The van der Waals surface area contributed by atoms with Crippen molar-refractivity contribution in [2.24, 2.45) is 5.73 Å². The van der Waals surface area contributed by atoms with E-state index in [1.807, 2.05) is 38.1 Å². The molecule has 2 aromatic heterocycles. The summed E-state index contributed by atoms with van der Waals surface area (Å²) in [6.45, 7) is 4.09. The summed E-state index contributed by atoms with van der Waals surface area (Å²) in [5.74, 6) is 2.10. The van der Waals surface area contributed by atoms with Gasteiger partial charge >= 0.3 is 0 Å². The zero-order valence-corrected chi connectivity index (χ0v) is 16.1. The molecule has 0 spiro atoms. The van der Waals surface area contributed by atoms with Crippen molar-refractivity contribution < 1.29 is 4.52 Å². The Kier molecular flexibility index (Phi) is 5.05. The first-order valence-corrected chi connectivity index (χ1v) is 8.71. The van der Waals surface area contributed by atoms with E-state index >= 15 is 0 Å². The number of nitrogens with zero attached hydrogens (tertiary/aromatic N) is 5. The minimum Gasteiger partial charge on any atom is -0.330 e. The Morgan fingerprint density at radius 3 is 2.58 bits per heavy atom. The highest BCUT2D eigenvalue weighted by molar-refractivity contribution is 6.32. The number of hydrogen-bond acceptors (Lipinski definition) is 6. The number of aromatic nitrogens is 5. The number of hydrogen-bond donors (Lipinski definition) is 1. The van der Waals surface area contributed by atoms with Crippen LogP contribution in [0.15, 0.2) is 28.8 Å². The van der Waals surface area contributed by atoms with Crippen molar-refractivity contribution in [3.8, 4) is 17.4 Å². The fourth-order valence-corrected chi connectivity index (χ4v) is 3.10. The summed E-state index contributed by atoms with van der Waals surface area (Å²) in [7, 11) is 0. The molecule has 0 atom stereocenters. The summed E-state index contributed by atoms with van der Waals surface area (Å²) in [5.41, 5.74) is 6.55. The van der Waals surface area contributed by atoms with Crippen molar-refractivity contribution in [2.75, 3.05) is 0 Å². The minimum atomic E-state index is -0.478. The highest BCUT2D eigenvalue weighted by atomic mass is 35.5. The van der Waals surface area contributed by atoms with Gasteiger partial charge in [0.15, 0.2) is 5.82 Å². The fourth-order valence-electron chi connectivity index (χ4n) is 2.89. The number of halogens is 2. The van der Waals surface area contributed by atoms with Crippen LogP contribution in [0.2, 0.25) is 5.02 Å². The number of nitrogens with two attached hydrogens (primary N) is 1. The quantitative estimate of drug-likeness (QED) is 0.721. The average molecular weight is 395 g/mol. The van der Waals surface area contributed by atoms with Gasteiger partial charge in [-0.25, -0.2) is 9.67 Å². The van der Waals surface area contributed by atoms with Crippen LogP contribution >= 0.6 is 24.0 Å². The Bertz CT molecular complexity index is 916. The van der Waals surface area contributed by atoms with Crippen LogP contribution in [0.5, 0.6) is 0 Å². The second kappa shape index (κ2) is 6.98. The summed E-state index contributed by atoms with van der Waals surface area (Å²) in [4.78, 5) is 9.02. The molecule has 26 heavy (non-hydrogen) atoms. The molecule has 0 radical (unpaired) electrons. The van der Waals surface area contributed by atoms with E-state index < -0.39 is 5.54 Å². The first-order chi connectivity index (χ1) is 12.0. The molecule has 1 aliphatic carbocycles. The highest BCUT2D eigenvalue weighted by Gasteiger charge is 2.39. The van der Waals surface area contributed by atoms with E-state index in [9.17, 15) is 0 Å². The standard InChI is InChI=1S/C17H19ClN6O.ClH/c1-10(2)14-20-13(22-24(14)12-7-4-3-6-11(12)18)15-21-16(23-25-15)17(19)8-5-9-17;/h3-4,6-7,10H,5,8-9,19H2,1-2H3;1H. The van der Waals surface area contributed by atoms with Crippen molar-refractivity contribution in [3.63, 3.8) is 0 Å². The molecule has 7 nitrogen and oxygen atoms in total. The monoisotopic (exact) mass is 394 g/mol. The van der Waals surface area contributed by atoms with Gasteiger partial charge in [0.05, 0.1) is 16.2 Å². The first kappa shape index (κ1) is 18.8. The molecule has 0 aliphatic heterocycles. The van der Waals surface area contributed by atoms with Crippen LogP contribution in [-0.2, 0) is 5.54 Å². The molecule has 3 aromatic rings. The third-order valence-corrected chi connectivity index (χ3v) is 4.86. The van der Waals surface area contributed by atoms with E-state index in [1.54, 1.807) is 4.68 Å². The maximum atomic E-state index is 6.32. The molecule has 9 heteroatoms. The zero-order chi connectivity index (χ0) is 17.6. The third kappa shape index (κ3) is 3.11. The van der Waals surface area contributed by atoms with Gasteiger partial charge < -0.3 is 10.3 Å². The lowest BCUT2D eigenvalue weighted by Gasteiger charge is -2.34. The van der Waals surface area contributed by atoms with Crippen LogP contribution in [0.25, 0.3) is 17.4 Å². The highest BCUT2D eigenvalue weighted by Crippen LogP contribution is 2.37. The Labute approximate surface area is 162 Å². The predicted molar refractivity (Wildman–Crippen MR) is 101 cm³/mol. The lowest BCUT2D eigenvalue weighted by Crippen LogP contribution is -2.44. The third-order valence-electron chi connectivity index (χ3n) is 4.54. The molecule has 0 unspecified atom stereocenters. The Balaban J connectivity index is 0.00000196. The number of para-hydroxylation sites is 1. The molecule has 1 saturated carbocycles. The van der Waals surface area contributed by atoms with Gasteiger partial charge in [-0.15, -0.1) is 17.5 Å². The predicted octanol–water partition coefficient (Wildman–Crippen LogP) is 3.85. The summed E-state index contributed by atoms with van der Waals surface area (Å²) < 4.78 is 7.10. The number of benzene rings is 1. The van der Waals surface area contributed by atoms with Gasteiger partial charge in [-0.05, 0) is 31.4 Å². The fraction of sp³-hybridized carbons (Fsp3) is 0.412. The molecule has 4 rings (SSSR count). The molecule has 138 valence electrons. The first-order valence-electron chi connectivity index (χ1n) is 8.33. The van der Waals surface area contributed by atoms with Gasteiger partial charge in [0.2, 0.25) is 5.82 Å². The van der Waals surface area contributed by atoms with Crippen molar-refractivity contribution in [2.45, 2.75) is 44.6 Å². The van der Waals surface area contributed by atoms with E-state index in [2.05, 4.69) is 20.2 Å². The van der Waals surface area contributed by atoms with Crippen molar-refractivity contribution in [1.29, 1.82) is 0 Å². The van der Waals surface area contributed by atoms with Crippen LogP contribution in [0, 0.1) is 0 Å². The van der Waals surface area contributed by atoms with Crippen molar-refractivity contribution in [1.82, 2.24) is 24.9 Å². The van der Waals surface area contributed by atoms with Gasteiger partial charge in [-0.2, -0.15) is 4.98 Å². The maximum absolute atomic E-state index is 6.32. The molecule has 0 amide bonds. The zero-order valence-electron chi connectivity index (χ0n) is 14.5. The van der Waals surface area contributed by atoms with Gasteiger partial charge in [0.25, 0.3) is 5.89 Å². The van der Waals surface area contributed by atoms with E-state index in [4.69, 9.17) is 21.9 Å². The molecule has 1 aromatic carbocycles. The van der Waals surface area contributed by atoms with Crippen LogP contribution in [0.3, 0.4) is 0 Å². The Morgan fingerprint density at radius 2 is 1.96 bits per heavy atom. The topological polar surface area (TPSA) is 95.7 Å². The van der Waals surface area contributed by atoms with Crippen molar-refractivity contribution >= 4 is 24.0 Å². The van der Waals surface area contributed by atoms with Crippen LogP contribution < -0.4 is 5.73 Å². The minimum absolute atomic E-state index is 0. The lowest BCUT2D eigenvalue weighted by molar-refractivity contribution is 0.229. The summed E-state index contributed by atoms with van der Waals surface area (Å²) in [6.07, 6.45) is 2.81. The maximum Gasteiger partial charge on any atom is 0.297 e. The van der Waals surface area contributed by atoms with Crippen LogP contribution in [0.1, 0.15) is 50.7 Å². The second-order valence-corrected chi connectivity index (χ2v) is 7.15. The van der Waals surface area contributed by atoms with Crippen LogP contribution in [0.4, 0.5) is 0 Å². The SMILES string of the molecule is CC(C)c1nc(-c2nc(C3(N)CCC3)no2)nn1-c1ccccc1Cl.Cl. The molecule has 2 N–H and O–H groups in total. The lowest BCUT2D eigenvalue weighted by atomic mass is 9.77. The van der Waals surface area contributed by atoms with E-state index in [1.165, 1.54) is 0 Å². The van der Waals surface area contributed by atoms with Crippen molar-refractivity contribution in [3.05, 3.63) is 40.9 Å². The largest absolute Gasteiger partial charge is 0.330 e. The Morgan fingerprint density at radius 1 is 1.23 bits per heavy atom. The van der Waals surface area contributed by atoms with Crippen LogP contribution in [-0.4, -0.2) is 24.9 Å². The molecule has 0 saturated heterocycles. The molecule has 1 fully saturated rings. The normalized spacial score (nSPS) is 15.6. The van der Waals surface area contributed by atoms with E-state index in [0.717, 1.165) is 30.8 Å². The average Bonchev–Trinajstić information content (AvgIpc) is 3.20. The molecule has 1 aliphatic rings. The van der Waals surface area contributed by atoms with Gasteiger partial charge in [0, 0.05) is 5.92 Å². The van der Waals surface area contributed by atoms with Gasteiger partial charge in [-0.3, -0.25) is 0 Å². The van der Waals surface area contributed by atoms with E-state index in [-0.39, 0.29) is 24.2 Å². The smallest absolute Gasteiger partial charge is 0.297 e. The summed E-state index contributed by atoms with van der Waals surface area (Å²) >= 11 is 6.32. The number of rotatable bonds is 4. The summed E-state index contributed by atoms with van der Waals surface area (Å²) in [6, 6.07) is 7.51. The molecule has 2 heterocycles. The summed E-state index contributed by atoms with van der Waals surface area (Å²) in [5, 5.41) is 9.19. The van der Waals surface area contributed by atoms with Gasteiger partial charge in [0.1, 0.15) is 5.82 Å². The Hall–Kier alpha value is -1.96. The van der Waals surface area contributed by atoms with E-state index in [0.29, 0.717) is 16.7 Å². The molecular formula is C17H20Cl2N6O. The second-order valence-electron chi connectivity index (χ2n) is 6.74. The van der Waals surface area contributed by atoms with Gasteiger partial charge in [-0.1, -0.05) is 42.7 Å². The molecule has 0 bridgehead atoms. The molecular weight excluding hydrogens is 375 g/mol.